The SMILES string of the molecule is CC(C)CCN1CCC(N2CCN(C(=O)Cc3ccsc3)CC2)C1=O. The Kier molecular flexibility index (Phi) is 6.12. The minimum Gasteiger partial charge on any atom is -0.341 e. The van der Waals surface area contributed by atoms with Gasteiger partial charge in [0, 0.05) is 39.3 Å². The number of piperazine rings is 1. The largest absolute Gasteiger partial charge is 0.341 e. The lowest BCUT2D eigenvalue weighted by Crippen LogP contribution is -2.54. The minimum absolute atomic E-state index is 0.0290. The van der Waals surface area contributed by atoms with Gasteiger partial charge in [-0.05, 0) is 41.1 Å². The number of carbonyl (C=O) groups is 2. The van der Waals surface area contributed by atoms with Crippen molar-refractivity contribution < 1.29 is 9.59 Å². The van der Waals surface area contributed by atoms with Crippen LogP contribution in [0.15, 0.2) is 16.8 Å². The second-order valence-electron chi connectivity index (χ2n) is 7.54. The molecule has 2 amide bonds. The number of amides is 2. The van der Waals surface area contributed by atoms with Crippen LogP contribution in [0.2, 0.25) is 0 Å². The number of rotatable bonds is 6. The Bertz CT molecular complexity index is 579. The van der Waals surface area contributed by atoms with Gasteiger partial charge in [0.2, 0.25) is 11.8 Å². The van der Waals surface area contributed by atoms with Crippen molar-refractivity contribution >= 4 is 23.2 Å². The highest BCUT2D eigenvalue weighted by atomic mass is 32.1. The number of likely N-dealkylation sites (tertiary alicyclic amines) is 1. The van der Waals surface area contributed by atoms with E-state index in [0.29, 0.717) is 18.2 Å². The fourth-order valence-electron chi connectivity index (χ4n) is 3.66. The van der Waals surface area contributed by atoms with Crippen molar-refractivity contribution in [3.05, 3.63) is 22.4 Å². The molecule has 0 aliphatic carbocycles. The summed E-state index contributed by atoms with van der Waals surface area (Å²) in [4.78, 5) is 31.3. The van der Waals surface area contributed by atoms with Gasteiger partial charge in [0.05, 0.1) is 12.5 Å². The molecular formula is C19H29N3O2S. The zero-order valence-corrected chi connectivity index (χ0v) is 16.1. The average molecular weight is 364 g/mol. The minimum atomic E-state index is 0.0290. The van der Waals surface area contributed by atoms with E-state index in [-0.39, 0.29) is 11.9 Å². The first-order chi connectivity index (χ1) is 12.0. The van der Waals surface area contributed by atoms with E-state index in [1.54, 1.807) is 11.3 Å². The predicted octanol–water partition coefficient (Wildman–Crippen LogP) is 2.08. The zero-order valence-electron chi connectivity index (χ0n) is 15.3. The topological polar surface area (TPSA) is 43.9 Å². The van der Waals surface area contributed by atoms with Gasteiger partial charge in [0.25, 0.3) is 0 Å². The van der Waals surface area contributed by atoms with Crippen LogP contribution in [-0.4, -0.2) is 71.8 Å². The molecule has 138 valence electrons. The molecule has 5 nitrogen and oxygen atoms in total. The smallest absolute Gasteiger partial charge is 0.239 e. The lowest BCUT2D eigenvalue weighted by molar-refractivity contribution is -0.135. The van der Waals surface area contributed by atoms with E-state index in [2.05, 4.69) is 18.7 Å². The van der Waals surface area contributed by atoms with Gasteiger partial charge in [-0.3, -0.25) is 14.5 Å². The maximum Gasteiger partial charge on any atom is 0.239 e. The highest BCUT2D eigenvalue weighted by molar-refractivity contribution is 7.08. The van der Waals surface area contributed by atoms with Crippen LogP contribution in [0.25, 0.3) is 0 Å². The molecule has 0 saturated carbocycles. The van der Waals surface area contributed by atoms with Gasteiger partial charge in [0.1, 0.15) is 0 Å². The Morgan fingerprint density at radius 2 is 2.00 bits per heavy atom. The number of carbonyl (C=O) groups excluding carboxylic acids is 2. The summed E-state index contributed by atoms with van der Waals surface area (Å²) in [5, 5.41) is 4.05. The molecule has 1 aromatic rings. The molecule has 2 aliphatic heterocycles. The van der Waals surface area contributed by atoms with Crippen molar-refractivity contribution in [3.63, 3.8) is 0 Å². The summed E-state index contributed by atoms with van der Waals surface area (Å²) in [6.07, 6.45) is 2.50. The molecule has 0 spiro atoms. The third-order valence-corrected chi connectivity index (χ3v) is 6.02. The molecule has 0 bridgehead atoms. The van der Waals surface area contributed by atoms with Crippen LogP contribution in [0.1, 0.15) is 32.3 Å². The van der Waals surface area contributed by atoms with Crippen LogP contribution < -0.4 is 0 Å². The average Bonchev–Trinajstić information content (AvgIpc) is 3.23. The quantitative estimate of drug-likeness (QED) is 0.777. The fraction of sp³-hybridized carbons (Fsp3) is 0.684. The van der Waals surface area contributed by atoms with Crippen molar-refractivity contribution in [1.29, 1.82) is 0 Å². The standard InChI is InChI=1S/C19H29N3O2S/c1-15(2)3-6-22-7-4-17(19(22)24)20-8-10-21(11-9-20)18(23)13-16-5-12-25-14-16/h5,12,14-15,17H,3-4,6-11,13H2,1-2H3. The number of hydrogen-bond acceptors (Lipinski definition) is 4. The molecule has 2 fully saturated rings. The van der Waals surface area contributed by atoms with Crippen molar-refractivity contribution in [3.8, 4) is 0 Å². The van der Waals surface area contributed by atoms with Gasteiger partial charge in [-0.2, -0.15) is 11.3 Å². The maximum atomic E-state index is 12.6. The number of thiophene rings is 1. The van der Waals surface area contributed by atoms with Crippen LogP contribution in [0.3, 0.4) is 0 Å². The van der Waals surface area contributed by atoms with Gasteiger partial charge < -0.3 is 9.80 Å². The Balaban J connectivity index is 1.46. The third-order valence-electron chi connectivity index (χ3n) is 5.29. The molecule has 0 radical (unpaired) electrons. The van der Waals surface area contributed by atoms with Crippen molar-refractivity contribution in [1.82, 2.24) is 14.7 Å². The Hall–Kier alpha value is -1.40. The second kappa shape index (κ2) is 8.32. The molecule has 1 atom stereocenters. The van der Waals surface area contributed by atoms with E-state index in [1.165, 1.54) is 0 Å². The van der Waals surface area contributed by atoms with Gasteiger partial charge >= 0.3 is 0 Å². The van der Waals surface area contributed by atoms with E-state index >= 15 is 0 Å². The lowest BCUT2D eigenvalue weighted by atomic mass is 10.1. The first-order valence-corrected chi connectivity index (χ1v) is 10.3. The van der Waals surface area contributed by atoms with E-state index < -0.39 is 0 Å². The molecule has 0 aromatic carbocycles. The van der Waals surface area contributed by atoms with Gasteiger partial charge in [-0.15, -0.1) is 0 Å². The highest BCUT2D eigenvalue weighted by Gasteiger charge is 2.37. The van der Waals surface area contributed by atoms with Crippen LogP contribution in [0, 0.1) is 5.92 Å². The first kappa shape index (κ1) is 18.4. The number of hydrogen-bond donors (Lipinski definition) is 0. The molecule has 2 aliphatic rings. The summed E-state index contributed by atoms with van der Waals surface area (Å²) in [5.41, 5.74) is 1.10. The van der Waals surface area contributed by atoms with Crippen molar-refractivity contribution in [2.45, 2.75) is 39.2 Å². The third kappa shape index (κ3) is 4.61. The van der Waals surface area contributed by atoms with E-state index in [0.717, 1.165) is 57.7 Å². The highest BCUT2D eigenvalue weighted by Crippen LogP contribution is 2.20. The van der Waals surface area contributed by atoms with Crippen LogP contribution in [0.4, 0.5) is 0 Å². The van der Waals surface area contributed by atoms with E-state index in [9.17, 15) is 9.59 Å². The van der Waals surface area contributed by atoms with Crippen molar-refractivity contribution in [2.24, 2.45) is 5.92 Å². The predicted molar refractivity (Wildman–Crippen MR) is 101 cm³/mol. The van der Waals surface area contributed by atoms with Gasteiger partial charge in [-0.1, -0.05) is 13.8 Å². The molecule has 0 N–H and O–H groups in total. The molecule has 3 rings (SSSR count). The number of nitrogens with zero attached hydrogens (tertiary/aromatic N) is 3. The molecule has 3 heterocycles. The molecule has 6 heteroatoms. The summed E-state index contributed by atoms with van der Waals surface area (Å²) in [5.74, 6) is 1.12. The summed E-state index contributed by atoms with van der Waals surface area (Å²) in [6, 6.07) is 2.04. The van der Waals surface area contributed by atoms with Crippen molar-refractivity contribution in [2.75, 3.05) is 39.3 Å². The Morgan fingerprint density at radius 3 is 2.64 bits per heavy atom. The monoisotopic (exact) mass is 363 g/mol. The molecular weight excluding hydrogens is 334 g/mol. The summed E-state index contributed by atoms with van der Waals surface area (Å²) < 4.78 is 0. The van der Waals surface area contributed by atoms with Gasteiger partial charge in [-0.25, -0.2) is 0 Å². The Labute approximate surface area is 154 Å². The van der Waals surface area contributed by atoms with E-state index in [1.807, 2.05) is 26.6 Å². The Morgan fingerprint density at radius 1 is 1.24 bits per heavy atom. The first-order valence-electron chi connectivity index (χ1n) is 9.36. The normalized spacial score (nSPS) is 22.2. The summed E-state index contributed by atoms with van der Waals surface area (Å²) in [7, 11) is 0. The summed E-state index contributed by atoms with van der Waals surface area (Å²) >= 11 is 1.63. The zero-order chi connectivity index (χ0) is 17.8. The van der Waals surface area contributed by atoms with Crippen LogP contribution in [0.5, 0.6) is 0 Å². The lowest BCUT2D eigenvalue weighted by Gasteiger charge is -2.37. The van der Waals surface area contributed by atoms with Gasteiger partial charge in [0.15, 0.2) is 0 Å². The van der Waals surface area contributed by atoms with Crippen LogP contribution in [-0.2, 0) is 16.0 Å². The fourth-order valence-corrected chi connectivity index (χ4v) is 4.33. The van der Waals surface area contributed by atoms with Crippen LogP contribution >= 0.6 is 11.3 Å². The summed E-state index contributed by atoms with van der Waals surface area (Å²) in [6.45, 7) is 9.25. The molecule has 25 heavy (non-hydrogen) atoms. The van der Waals surface area contributed by atoms with E-state index in [4.69, 9.17) is 0 Å². The molecule has 1 unspecified atom stereocenters. The maximum absolute atomic E-state index is 12.6. The molecule has 1 aromatic heterocycles. The second-order valence-corrected chi connectivity index (χ2v) is 8.32. The molecule has 2 saturated heterocycles.